The molecule has 0 saturated heterocycles. The third-order valence-electron chi connectivity index (χ3n) is 2.21. The molecule has 8 nitrogen and oxygen atoms in total. The highest BCUT2D eigenvalue weighted by molar-refractivity contribution is 7.89. The summed E-state index contributed by atoms with van der Waals surface area (Å²) in [6.45, 7) is -0.254. The number of non-ortho nitro benzene ring substituents is 1. The maximum atomic E-state index is 11.8. The number of hydrogen-bond donors (Lipinski definition) is 2. The minimum atomic E-state index is -3.90. The normalized spacial score (nSPS) is 13.2. The first-order valence-electron chi connectivity index (χ1n) is 5.28. The Kier molecular flexibility index (Phi) is 5.36. The highest BCUT2D eigenvalue weighted by atomic mass is 32.2. The summed E-state index contributed by atoms with van der Waals surface area (Å²) in [5.41, 5.74) is -0.319. The van der Waals surface area contributed by atoms with Crippen LogP contribution >= 0.6 is 0 Å². The van der Waals surface area contributed by atoms with Gasteiger partial charge in [-0.05, 0) is 6.07 Å². The number of aliphatic hydroxyl groups is 1. The molecule has 0 aliphatic rings. The van der Waals surface area contributed by atoms with E-state index in [1.54, 1.807) is 0 Å². The molecule has 0 aromatic heterocycles. The summed E-state index contributed by atoms with van der Waals surface area (Å²) in [7, 11) is -2.53. The molecular formula is C10H14N2O6S. The highest BCUT2D eigenvalue weighted by Crippen LogP contribution is 2.16. The van der Waals surface area contributed by atoms with Crippen molar-refractivity contribution in [3.05, 3.63) is 34.4 Å². The molecule has 1 aromatic carbocycles. The number of nitrogens with zero attached hydrogens (tertiary/aromatic N) is 1. The Morgan fingerprint density at radius 2 is 2.21 bits per heavy atom. The third-order valence-corrected chi connectivity index (χ3v) is 3.63. The lowest BCUT2D eigenvalue weighted by Gasteiger charge is -2.11. The van der Waals surface area contributed by atoms with Gasteiger partial charge in [-0.2, -0.15) is 0 Å². The quantitative estimate of drug-likeness (QED) is 0.534. The number of ether oxygens (including phenoxy) is 1. The Morgan fingerprint density at radius 3 is 2.79 bits per heavy atom. The van der Waals surface area contributed by atoms with Crippen LogP contribution in [0.1, 0.15) is 0 Å². The van der Waals surface area contributed by atoms with E-state index in [4.69, 9.17) is 0 Å². The van der Waals surface area contributed by atoms with Crippen LogP contribution in [0.5, 0.6) is 0 Å². The molecule has 106 valence electrons. The van der Waals surface area contributed by atoms with Crippen molar-refractivity contribution >= 4 is 15.7 Å². The Morgan fingerprint density at radius 1 is 1.53 bits per heavy atom. The van der Waals surface area contributed by atoms with E-state index in [-0.39, 0.29) is 23.7 Å². The van der Waals surface area contributed by atoms with Crippen molar-refractivity contribution in [2.45, 2.75) is 11.0 Å². The van der Waals surface area contributed by atoms with Crippen LogP contribution in [0.15, 0.2) is 29.2 Å². The van der Waals surface area contributed by atoms with Crippen molar-refractivity contribution < 1.29 is 23.2 Å². The zero-order chi connectivity index (χ0) is 14.5. The smallest absolute Gasteiger partial charge is 0.270 e. The maximum absolute atomic E-state index is 11.8. The molecule has 0 heterocycles. The Balaban J connectivity index is 2.83. The number of nitro groups is 1. The van der Waals surface area contributed by atoms with E-state index < -0.39 is 21.1 Å². The minimum absolute atomic E-state index is 0.0164. The fraction of sp³-hybridized carbons (Fsp3) is 0.400. The molecule has 0 radical (unpaired) electrons. The van der Waals surface area contributed by atoms with Crippen molar-refractivity contribution in [3.8, 4) is 0 Å². The Bertz CT molecular complexity index is 545. The predicted molar refractivity (Wildman–Crippen MR) is 66.2 cm³/mol. The van der Waals surface area contributed by atoms with Crippen molar-refractivity contribution in [2.24, 2.45) is 0 Å². The van der Waals surface area contributed by atoms with Gasteiger partial charge in [0, 0.05) is 25.8 Å². The maximum Gasteiger partial charge on any atom is 0.270 e. The van der Waals surface area contributed by atoms with Crippen LogP contribution < -0.4 is 4.72 Å². The number of hydrogen-bond acceptors (Lipinski definition) is 6. The number of rotatable bonds is 7. The Hall–Kier alpha value is -1.55. The second kappa shape index (κ2) is 6.57. The van der Waals surface area contributed by atoms with Crippen molar-refractivity contribution in [1.82, 2.24) is 4.72 Å². The van der Waals surface area contributed by atoms with Crippen LogP contribution in [-0.4, -0.2) is 44.8 Å². The molecule has 2 N–H and O–H groups in total. The summed E-state index contributed by atoms with van der Waals surface area (Å²) in [6.07, 6.45) is -0.988. The predicted octanol–water partition coefficient (Wildman–Crippen LogP) is -0.120. The second-order valence-electron chi connectivity index (χ2n) is 3.72. The molecule has 0 aliphatic carbocycles. The Labute approximate surface area is 110 Å². The summed E-state index contributed by atoms with van der Waals surface area (Å²) in [5, 5.41) is 19.9. The van der Waals surface area contributed by atoms with Gasteiger partial charge in [0.1, 0.15) is 0 Å². The van der Waals surface area contributed by atoms with Crippen LogP contribution in [0, 0.1) is 10.1 Å². The monoisotopic (exact) mass is 290 g/mol. The molecule has 0 fully saturated rings. The number of nitrogens with one attached hydrogen (secondary N) is 1. The van der Waals surface area contributed by atoms with E-state index in [2.05, 4.69) is 9.46 Å². The van der Waals surface area contributed by atoms with E-state index >= 15 is 0 Å². The summed E-state index contributed by atoms with van der Waals surface area (Å²) >= 11 is 0. The lowest BCUT2D eigenvalue weighted by molar-refractivity contribution is -0.385. The molecule has 9 heteroatoms. The van der Waals surface area contributed by atoms with Gasteiger partial charge in [-0.1, -0.05) is 6.07 Å². The topological polar surface area (TPSA) is 119 Å². The minimum Gasteiger partial charge on any atom is -0.389 e. The molecule has 19 heavy (non-hydrogen) atoms. The SMILES string of the molecule is COCC(O)CNS(=O)(=O)c1cccc([N+](=O)[O-])c1. The highest BCUT2D eigenvalue weighted by Gasteiger charge is 2.18. The van der Waals surface area contributed by atoms with Gasteiger partial charge in [0.25, 0.3) is 5.69 Å². The van der Waals surface area contributed by atoms with E-state index in [1.807, 2.05) is 0 Å². The average molecular weight is 290 g/mol. The van der Waals surface area contributed by atoms with Gasteiger partial charge in [-0.3, -0.25) is 10.1 Å². The molecule has 1 atom stereocenters. The number of methoxy groups -OCH3 is 1. The van der Waals surface area contributed by atoms with Gasteiger partial charge >= 0.3 is 0 Å². The van der Waals surface area contributed by atoms with Crippen LogP contribution in [0.4, 0.5) is 5.69 Å². The van der Waals surface area contributed by atoms with Gasteiger partial charge < -0.3 is 9.84 Å². The first kappa shape index (κ1) is 15.5. The molecule has 1 rings (SSSR count). The first-order chi connectivity index (χ1) is 8.86. The van der Waals surface area contributed by atoms with Gasteiger partial charge in [-0.25, -0.2) is 13.1 Å². The van der Waals surface area contributed by atoms with Crippen LogP contribution in [0.25, 0.3) is 0 Å². The standard InChI is InChI=1S/C10H14N2O6S/c1-18-7-9(13)6-11-19(16,17)10-4-2-3-8(5-10)12(14)15/h2-5,9,11,13H,6-7H2,1H3. The van der Waals surface area contributed by atoms with Crippen LogP contribution in [0.2, 0.25) is 0 Å². The van der Waals surface area contributed by atoms with E-state index in [1.165, 1.54) is 25.3 Å². The average Bonchev–Trinajstić information content (AvgIpc) is 2.37. The van der Waals surface area contributed by atoms with E-state index in [0.717, 1.165) is 6.07 Å². The molecule has 0 saturated carbocycles. The number of nitro benzene ring substituents is 1. The van der Waals surface area contributed by atoms with Crippen LogP contribution in [0.3, 0.4) is 0 Å². The van der Waals surface area contributed by atoms with Gasteiger partial charge in [-0.15, -0.1) is 0 Å². The summed E-state index contributed by atoms with van der Waals surface area (Å²) in [6, 6.07) is 4.65. The lowest BCUT2D eigenvalue weighted by Crippen LogP contribution is -2.34. The van der Waals surface area contributed by atoms with Gasteiger partial charge in [0.05, 0.1) is 22.5 Å². The number of sulfonamides is 1. The third kappa shape index (κ3) is 4.56. The van der Waals surface area contributed by atoms with Crippen LogP contribution in [-0.2, 0) is 14.8 Å². The first-order valence-corrected chi connectivity index (χ1v) is 6.76. The summed E-state index contributed by atoms with van der Waals surface area (Å²) in [4.78, 5) is 9.65. The van der Waals surface area contributed by atoms with E-state index in [0.29, 0.717) is 0 Å². The van der Waals surface area contributed by atoms with E-state index in [9.17, 15) is 23.6 Å². The van der Waals surface area contributed by atoms with Crippen molar-refractivity contribution in [3.63, 3.8) is 0 Å². The van der Waals surface area contributed by atoms with Gasteiger partial charge in [0.15, 0.2) is 0 Å². The second-order valence-corrected chi connectivity index (χ2v) is 5.48. The van der Waals surface area contributed by atoms with Gasteiger partial charge in [0.2, 0.25) is 10.0 Å². The lowest BCUT2D eigenvalue weighted by atomic mass is 10.3. The number of aliphatic hydroxyl groups excluding tert-OH is 1. The largest absolute Gasteiger partial charge is 0.389 e. The summed E-state index contributed by atoms with van der Waals surface area (Å²) < 4.78 is 30.5. The molecule has 0 spiro atoms. The molecule has 1 unspecified atom stereocenters. The molecule has 0 bridgehead atoms. The fourth-order valence-corrected chi connectivity index (χ4v) is 2.42. The molecule has 0 aliphatic heterocycles. The zero-order valence-electron chi connectivity index (χ0n) is 10.1. The van der Waals surface area contributed by atoms with Crippen molar-refractivity contribution in [2.75, 3.05) is 20.3 Å². The molecule has 0 amide bonds. The zero-order valence-corrected chi connectivity index (χ0v) is 11.0. The number of benzene rings is 1. The molecular weight excluding hydrogens is 276 g/mol. The molecule has 1 aromatic rings. The van der Waals surface area contributed by atoms with Crippen molar-refractivity contribution in [1.29, 1.82) is 0 Å². The fourth-order valence-electron chi connectivity index (χ4n) is 1.30. The summed E-state index contributed by atoms with van der Waals surface area (Å²) in [5.74, 6) is 0.